The third-order valence-corrected chi connectivity index (χ3v) is 7.26. The fourth-order valence-electron chi connectivity index (χ4n) is 5.21. The van der Waals surface area contributed by atoms with Gasteiger partial charge in [0.1, 0.15) is 0 Å². The summed E-state index contributed by atoms with van der Waals surface area (Å²) in [6.45, 7) is 2.57. The van der Waals surface area contributed by atoms with Gasteiger partial charge in [0.2, 0.25) is 5.95 Å². The Morgan fingerprint density at radius 1 is 1.14 bits per heavy atom. The summed E-state index contributed by atoms with van der Waals surface area (Å²) in [5, 5.41) is 1.38. The van der Waals surface area contributed by atoms with E-state index in [9.17, 15) is 4.79 Å². The highest BCUT2D eigenvalue weighted by molar-refractivity contribution is 5.92. The van der Waals surface area contributed by atoms with Gasteiger partial charge in [0.25, 0.3) is 5.91 Å². The van der Waals surface area contributed by atoms with Gasteiger partial charge in [0.15, 0.2) is 6.29 Å². The van der Waals surface area contributed by atoms with Crippen LogP contribution < -0.4 is 10.4 Å². The molecule has 2 aliphatic rings. The van der Waals surface area contributed by atoms with E-state index in [0.717, 1.165) is 57.5 Å². The van der Waals surface area contributed by atoms with Gasteiger partial charge in [0, 0.05) is 62.7 Å². The average Bonchev–Trinajstić information content (AvgIpc) is 3.24. The molecule has 2 aliphatic heterocycles. The predicted octanol–water partition coefficient (Wildman–Crippen LogP) is 4.82. The highest BCUT2D eigenvalue weighted by Crippen LogP contribution is 2.27. The van der Waals surface area contributed by atoms with Crippen molar-refractivity contribution in [2.24, 2.45) is 13.0 Å². The van der Waals surface area contributed by atoms with Crippen LogP contribution >= 0.6 is 12.4 Å². The number of benzene rings is 1. The van der Waals surface area contributed by atoms with Crippen LogP contribution in [0.2, 0.25) is 0 Å². The number of ether oxygens (including phenoxy) is 1. The maximum atomic E-state index is 12.3. The largest absolute Gasteiger partial charge is 0.350 e. The zero-order chi connectivity index (χ0) is 24.0. The summed E-state index contributed by atoms with van der Waals surface area (Å²) in [4.78, 5) is 28.8. The van der Waals surface area contributed by atoms with Crippen LogP contribution in [-0.4, -0.2) is 46.4 Å². The highest BCUT2D eigenvalue weighted by atomic mass is 35.5. The smallest absolute Gasteiger partial charge is 0.278 e. The van der Waals surface area contributed by atoms with Crippen LogP contribution in [0.5, 0.6) is 0 Å². The number of hydrogen-bond donors (Lipinski definition) is 1. The Kier molecular flexibility index (Phi) is 9.18. The van der Waals surface area contributed by atoms with Gasteiger partial charge in [-0.1, -0.05) is 18.2 Å². The lowest BCUT2D eigenvalue weighted by atomic mass is 9.91. The quantitative estimate of drug-likeness (QED) is 0.435. The Morgan fingerprint density at radius 3 is 2.67 bits per heavy atom. The van der Waals surface area contributed by atoms with E-state index in [1.54, 1.807) is 12.4 Å². The number of amides is 1. The lowest BCUT2D eigenvalue weighted by Crippen LogP contribution is -2.35. The first-order valence-corrected chi connectivity index (χ1v) is 12.8. The molecule has 1 amide bonds. The van der Waals surface area contributed by atoms with Crippen LogP contribution in [0, 0.1) is 5.92 Å². The molecule has 2 fully saturated rings. The second-order valence-electron chi connectivity index (χ2n) is 9.72. The lowest BCUT2D eigenvalue weighted by molar-refractivity contribution is -0.186. The molecule has 8 nitrogen and oxygen atoms in total. The Bertz CT molecular complexity index is 1120. The van der Waals surface area contributed by atoms with Crippen molar-refractivity contribution in [2.75, 3.05) is 24.6 Å². The number of piperidine rings is 1. The summed E-state index contributed by atoms with van der Waals surface area (Å²) >= 11 is 0. The van der Waals surface area contributed by atoms with E-state index in [4.69, 9.17) is 9.57 Å². The SMILES string of the molecule is Cl.Cn1cc(CCCC2CCN(c3ncc(C(=O)NOC4CCCCO4)cn3)CC2)c2ccccc21. The number of nitrogens with zero attached hydrogens (tertiary/aromatic N) is 4. The molecule has 0 radical (unpaired) electrons. The summed E-state index contributed by atoms with van der Waals surface area (Å²) in [7, 11) is 2.13. The number of carbonyl (C=O) groups excluding carboxylic acids is 1. The van der Waals surface area contributed by atoms with E-state index >= 15 is 0 Å². The van der Waals surface area contributed by atoms with Crippen molar-refractivity contribution in [3.8, 4) is 0 Å². The van der Waals surface area contributed by atoms with Crippen LogP contribution in [0.1, 0.15) is 60.9 Å². The molecule has 1 aromatic carbocycles. The molecule has 0 spiro atoms. The van der Waals surface area contributed by atoms with E-state index < -0.39 is 0 Å². The molecule has 0 saturated carbocycles. The summed E-state index contributed by atoms with van der Waals surface area (Å²) < 4.78 is 7.69. The number of halogens is 1. The first-order chi connectivity index (χ1) is 17.2. The number of anilines is 1. The Balaban J connectivity index is 0.00000304. The summed E-state index contributed by atoms with van der Waals surface area (Å²) in [6, 6.07) is 8.66. The lowest BCUT2D eigenvalue weighted by Gasteiger charge is -2.32. The molecule has 2 saturated heterocycles. The van der Waals surface area contributed by atoms with E-state index in [2.05, 4.69) is 62.4 Å². The van der Waals surface area contributed by atoms with Crippen molar-refractivity contribution >= 4 is 35.2 Å². The van der Waals surface area contributed by atoms with Crippen molar-refractivity contribution in [1.82, 2.24) is 20.0 Å². The molecule has 9 heteroatoms. The minimum absolute atomic E-state index is 0. The number of nitrogens with one attached hydrogen (secondary N) is 1. The van der Waals surface area contributed by atoms with E-state index in [-0.39, 0.29) is 24.6 Å². The topological polar surface area (TPSA) is 81.5 Å². The molecule has 1 unspecified atom stereocenters. The molecule has 2 aromatic heterocycles. The molecular formula is C27H36ClN5O3. The van der Waals surface area contributed by atoms with E-state index in [0.29, 0.717) is 18.1 Å². The van der Waals surface area contributed by atoms with Gasteiger partial charge in [-0.25, -0.2) is 20.3 Å². The molecule has 0 bridgehead atoms. The fraction of sp³-hybridized carbons (Fsp3) is 0.519. The summed E-state index contributed by atoms with van der Waals surface area (Å²) in [5.41, 5.74) is 5.60. The van der Waals surface area contributed by atoms with Crippen LogP contribution in [0.4, 0.5) is 5.95 Å². The number of rotatable bonds is 8. The molecule has 5 rings (SSSR count). The van der Waals surface area contributed by atoms with Gasteiger partial charge in [-0.15, -0.1) is 12.4 Å². The zero-order valence-electron chi connectivity index (χ0n) is 20.9. The van der Waals surface area contributed by atoms with Crippen molar-refractivity contribution in [2.45, 2.75) is 57.7 Å². The molecule has 1 atom stereocenters. The van der Waals surface area contributed by atoms with Crippen LogP contribution in [-0.2, 0) is 23.0 Å². The first kappa shape index (κ1) is 26.4. The Labute approximate surface area is 218 Å². The van der Waals surface area contributed by atoms with Crippen LogP contribution in [0.3, 0.4) is 0 Å². The second kappa shape index (κ2) is 12.5. The fourth-order valence-corrected chi connectivity index (χ4v) is 5.21. The first-order valence-electron chi connectivity index (χ1n) is 12.8. The van der Waals surface area contributed by atoms with E-state index in [1.807, 2.05) is 0 Å². The standard InChI is InChI=1S/C27H35N5O3.ClH/c1-31-19-21(23-9-2-3-10-24(23)31)8-6-7-20-12-14-32(15-13-20)27-28-17-22(18-29-27)26(33)30-35-25-11-4-5-16-34-25;/h2-3,9-10,17-20,25H,4-8,11-16H2,1H3,(H,30,33);1H. The maximum absolute atomic E-state index is 12.3. The van der Waals surface area contributed by atoms with Gasteiger partial charge in [-0.2, -0.15) is 0 Å². The molecule has 36 heavy (non-hydrogen) atoms. The molecule has 0 aliphatic carbocycles. The monoisotopic (exact) mass is 513 g/mol. The number of fused-ring (bicyclic) bond motifs is 1. The van der Waals surface area contributed by atoms with Crippen LogP contribution in [0.25, 0.3) is 10.9 Å². The molecule has 4 heterocycles. The Hall–Kier alpha value is -2.68. The zero-order valence-corrected chi connectivity index (χ0v) is 21.7. The summed E-state index contributed by atoms with van der Waals surface area (Å²) in [6.07, 6.45) is 13.8. The van der Waals surface area contributed by atoms with Gasteiger partial charge in [-0.05, 0) is 62.5 Å². The van der Waals surface area contributed by atoms with Crippen molar-refractivity contribution in [3.63, 3.8) is 0 Å². The molecular weight excluding hydrogens is 478 g/mol. The normalized spacial score (nSPS) is 18.7. The van der Waals surface area contributed by atoms with Crippen molar-refractivity contribution < 1.29 is 14.4 Å². The number of carbonyl (C=O) groups is 1. The number of hydroxylamine groups is 1. The molecule has 1 N–H and O–H groups in total. The number of hydrogen-bond acceptors (Lipinski definition) is 6. The molecule has 3 aromatic rings. The van der Waals surface area contributed by atoms with Gasteiger partial charge < -0.3 is 14.2 Å². The van der Waals surface area contributed by atoms with Gasteiger partial charge in [0.05, 0.1) is 5.56 Å². The number of para-hydroxylation sites is 1. The average molecular weight is 514 g/mol. The minimum Gasteiger partial charge on any atom is -0.350 e. The minimum atomic E-state index is -0.374. The molecule has 194 valence electrons. The van der Waals surface area contributed by atoms with Crippen LogP contribution in [0.15, 0.2) is 42.9 Å². The highest BCUT2D eigenvalue weighted by Gasteiger charge is 2.22. The summed E-state index contributed by atoms with van der Waals surface area (Å²) in [5.74, 6) is 1.08. The van der Waals surface area contributed by atoms with Crippen molar-refractivity contribution in [1.29, 1.82) is 0 Å². The maximum Gasteiger partial charge on any atom is 0.278 e. The van der Waals surface area contributed by atoms with Gasteiger partial charge >= 0.3 is 0 Å². The predicted molar refractivity (Wildman–Crippen MR) is 142 cm³/mol. The third kappa shape index (κ3) is 6.35. The second-order valence-corrected chi connectivity index (χ2v) is 9.72. The van der Waals surface area contributed by atoms with Crippen molar-refractivity contribution in [3.05, 3.63) is 54.0 Å². The third-order valence-electron chi connectivity index (χ3n) is 7.26. The Morgan fingerprint density at radius 2 is 1.92 bits per heavy atom. The number of aryl methyl sites for hydroxylation is 2. The van der Waals surface area contributed by atoms with Gasteiger partial charge in [-0.3, -0.25) is 4.79 Å². The number of aromatic nitrogens is 3. The van der Waals surface area contributed by atoms with E-state index in [1.165, 1.54) is 29.3 Å².